The molecule has 0 saturated carbocycles. The fraction of sp³-hybridized carbons (Fsp3) is 0.786. The number of unbranched alkanes of at least 4 members (excludes halogenated alkanes) is 1. The second-order valence-electron chi connectivity index (χ2n) is 4.61. The molecule has 0 aromatic heterocycles. The van der Waals surface area contributed by atoms with Crippen LogP contribution in [0.25, 0.3) is 0 Å². The molecule has 0 spiro atoms. The predicted octanol–water partition coefficient (Wildman–Crippen LogP) is 1.01. The maximum absolute atomic E-state index is 11.5. The molecule has 0 amide bonds. The number of carbonyl (C=O) groups excluding carboxylic acids is 1. The molecule has 6 nitrogen and oxygen atoms in total. The molecule has 2 N–H and O–H groups in total. The molecule has 0 saturated heterocycles. The molecule has 1 atom stereocenters. The third kappa shape index (κ3) is 9.03. The van der Waals surface area contributed by atoms with Crippen LogP contribution in [-0.2, 0) is 19.0 Å². The largest absolute Gasteiger partial charge is 0.427 e. The molecule has 0 heterocycles. The number of esters is 1. The van der Waals surface area contributed by atoms with Gasteiger partial charge in [0.15, 0.2) is 0 Å². The van der Waals surface area contributed by atoms with Crippen LogP contribution < -0.4 is 0 Å². The van der Waals surface area contributed by atoms with Crippen LogP contribution in [0.3, 0.4) is 0 Å². The summed E-state index contributed by atoms with van der Waals surface area (Å²) in [5, 5.41) is 18.8. The van der Waals surface area contributed by atoms with Crippen LogP contribution in [0.1, 0.15) is 33.1 Å². The number of ether oxygens (including phenoxy) is 3. The van der Waals surface area contributed by atoms with Gasteiger partial charge >= 0.3 is 5.97 Å². The van der Waals surface area contributed by atoms with E-state index >= 15 is 0 Å². The van der Waals surface area contributed by atoms with Gasteiger partial charge in [0.1, 0.15) is 6.61 Å². The summed E-state index contributed by atoms with van der Waals surface area (Å²) < 4.78 is 15.3. The monoisotopic (exact) mass is 290 g/mol. The second-order valence-corrected chi connectivity index (χ2v) is 4.61. The van der Waals surface area contributed by atoms with E-state index in [2.05, 4.69) is 6.58 Å². The van der Waals surface area contributed by atoms with Gasteiger partial charge in [-0.15, -0.1) is 0 Å². The lowest BCUT2D eigenvalue weighted by Crippen LogP contribution is -2.40. The van der Waals surface area contributed by atoms with Crippen molar-refractivity contribution in [3.63, 3.8) is 0 Å². The van der Waals surface area contributed by atoms with Crippen molar-refractivity contribution in [2.45, 2.75) is 38.9 Å². The van der Waals surface area contributed by atoms with E-state index in [1.54, 1.807) is 0 Å². The molecule has 6 heteroatoms. The first-order valence-corrected chi connectivity index (χ1v) is 6.82. The van der Waals surface area contributed by atoms with Crippen molar-refractivity contribution < 1.29 is 29.2 Å². The Labute approximate surface area is 120 Å². The Bertz CT molecular complexity index is 291. The molecule has 0 rings (SSSR count). The molecule has 0 aliphatic rings. The molecule has 1 unspecified atom stereocenters. The van der Waals surface area contributed by atoms with Gasteiger partial charge in [-0.05, 0) is 13.3 Å². The summed E-state index contributed by atoms with van der Waals surface area (Å²) in [5.74, 6) is -2.27. The molecule has 0 fully saturated rings. The van der Waals surface area contributed by atoms with E-state index in [4.69, 9.17) is 19.3 Å². The van der Waals surface area contributed by atoms with Crippen molar-refractivity contribution in [3.05, 3.63) is 12.2 Å². The lowest BCUT2D eigenvalue weighted by atomic mass is 10.1. The van der Waals surface area contributed by atoms with E-state index in [0.717, 1.165) is 6.42 Å². The van der Waals surface area contributed by atoms with Crippen LogP contribution in [0.15, 0.2) is 12.2 Å². The summed E-state index contributed by atoms with van der Waals surface area (Å²) in [6.45, 7) is 7.61. The zero-order chi connectivity index (χ0) is 15.4. The van der Waals surface area contributed by atoms with Crippen molar-refractivity contribution in [1.29, 1.82) is 0 Å². The van der Waals surface area contributed by atoms with Gasteiger partial charge in [-0.1, -0.05) is 19.9 Å². The predicted molar refractivity (Wildman–Crippen MR) is 74.1 cm³/mol. The molecule has 0 radical (unpaired) electrons. The fourth-order valence-electron chi connectivity index (χ4n) is 1.38. The lowest BCUT2D eigenvalue weighted by Gasteiger charge is -2.27. The average Bonchev–Trinajstić information content (AvgIpc) is 2.40. The molecule has 0 bridgehead atoms. The Balaban J connectivity index is 4.18. The van der Waals surface area contributed by atoms with Crippen molar-refractivity contribution >= 4 is 5.97 Å². The van der Waals surface area contributed by atoms with Crippen LogP contribution in [-0.4, -0.2) is 55.0 Å². The lowest BCUT2D eigenvalue weighted by molar-refractivity contribution is -0.229. The summed E-state index contributed by atoms with van der Waals surface area (Å²) >= 11 is 0. The Kier molecular flexibility index (Phi) is 10.3. The van der Waals surface area contributed by atoms with Gasteiger partial charge in [-0.2, -0.15) is 0 Å². The van der Waals surface area contributed by atoms with Gasteiger partial charge in [0.2, 0.25) is 5.79 Å². The van der Waals surface area contributed by atoms with E-state index in [1.807, 2.05) is 6.92 Å². The Morgan fingerprint density at radius 3 is 2.45 bits per heavy atom. The molecule has 118 valence electrons. The maximum Gasteiger partial charge on any atom is 0.335 e. The number of carbonyl (C=O) groups is 1. The standard InChI is InChI=1S/C14H26O6/c1-4-5-6-14(17,20-13(16)12(2)3)11-19-10-9-18-8-7-15/h15,17H,2,4-11H2,1,3H3. The highest BCUT2D eigenvalue weighted by Gasteiger charge is 2.31. The number of rotatable bonds is 12. The normalized spacial score (nSPS) is 13.8. The summed E-state index contributed by atoms with van der Waals surface area (Å²) in [6.07, 6.45) is 1.89. The smallest absolute Gasteiger partial charge is 0.335 e. The molecule has 0 aliphatic heterocycles. The third-order valence-corrected chi connectivity index (χ3v) is 2.49. The molecule has 0 aliphatic carbocycles. The Morgan fingerprint density at radius 1 is 1.25 bits per heavy atom. The van der Waals surface area contributed by atoms with Gasteiger partial charge < -0.3 is 24.4 Å². The molecule has 0 aromatic carbocycles. The summed E-state index contributed by atoms with van der Waals surface area (Å²) in [5.41, 5.74) is 0.228. The van der Waals surface area contributed by atoms with E-state index in [9.17, 15) is 9.90 Å². The zero-order valence-electron chi connectivity index (χ0n) is 12.4. The highest BCUT2D eigenvalue weighted by Crippen LogP contribution is 2.18. The number of hydrogen-bond donors (Lipinski definition) is 2. The van der Waals surface area contributed by atoms with Gasteiger partial charge in [-0.3, -0.25) is 0 Å². The van der Waals surface area contributed by atoms with E-state index in [-0.39, 0.29) is 32.0 Å². The van der Waals surface area contributed by atoms with Crippen LogP contribution >= 0.6 is 0 Å². The van der Waals surface area contributed by atoms with Crippen molar-refractivity contribution in [3.8, 4) is 0 Å². The maximum atomic E-state index is 11.5. The van der Waals surface area contributed by atoms with E-state index in [1.165, 1.54) is 6.92 Å². The highest BCUT2D eigenvalue weighted by atomic mass is 16.7. The second kappa shape index (κ2) is 10.8. The first kappa shape index (κ1) is 19.1. The first-order chi connectivity index (χ1) is 9.45. The van der Waals surface area contributed by atoms with Crippen LogP contribution in [0.4, 0.5) is 0 Å². The summed E-state index contributed by atoms with van der Waals surface area (Å²) in [7, 11) is 0. The van der Waals surface area contributed by atoms with Crippen LogP contribution in [0, 0.1) is 0 Å². The van der Waals surface area contributed by atoms with Gasteiger partial charge in [0.05, 0.1) is 26.4 Å². The van der Waals surface area contributed by atoms with E-state index in [0.29, 0.717) is 19.4 Å². The average molecular weight is 290 g/mol. The van der Waals surface area contributed by atoms with Crippen molar-refractivity contribution in [2.24, 2.45) is 0 Å². The molecule has 0 aromatic rings. The minimum Gasteiger partial charge on any atom is -0.427 e. The minimum atomic E-state index is -1.64. The molecule has 20 heavy (non-hydrogen) atoms. The van der Waals surface area contributed by atoms with Crippen molar-refractivity contribution in [2.75, 3.05) is 33.0 Å². The number of aliphatic hydroxyl groups is 2. The van der Waals surface area contributed by atoms with Gasteiger partial charge in [0.25, 0.3) is 0 Å². The highest BCUT2D eigenvalue weighted by molar-refractivity contribution is 5.87. The quantitative estimate of drug-likeness (QED) is 0.241. The Morgan fingerprint density at radius 2 is 1.90 bits per heavy atom. The number of hydrogen-bond acceptors (Lipinski definition) is 6. The molecular weight excluding hydrogens is 264 g/mol. The third-order valence-electron chi connectivity index (χ3n) is 2.49. The number of aliphatic hydroxyl groups excluding tert-OH is 1. The van der Waals surface area contributed by atoms with Gasteiger partial charge in [-0.25, -0.2) is 4.79 Å². The fourth-order valence-corrected chi connectivity index (χ4v) is 1.38. The van der Waals surface area contributed by atoms with E-state index < -0.39 is 11.8 Å². The minimum absolute atomic E-state index is 0.0450. The SMILES string of the molecule is C=C(C)C(=O)OC(O)(CCCC)COCCOCCO. The van der Waals surface area contributed by atoms with Gasteiger partial charge in [0, 0.05) is 12.0 Å². The van der Waals surface area contributed by atoms with Crippen molar-refractivity contribution in [1.82, 2.24) is 0 Å². The van der Waals surface area contributed by atoms with Crippen LogP contribution in [0.2, 0.25) is 0 Å². The topological polar surface area (TPSA) is 85.2 Å². The summed E-state index contributed by atoms with van der Waals surface area (Å²) in [4.78, 5) is 11.5. The first-order valence-electron chi connectivity index (χ1n) is 6.82. The van der Waals surface area contributed by atoms with Crippen LogP contribution in [0.5, 0.6) is 0 Å². The molecular formula is C14H26O6. The zero-order valence-corrected chi connectivity index (χ0v) is 12.4. The summed E-state index contributed by atoms with van der Waals surface area (Å²) in [6, 6.07) is 0. The Hall–Kier alpha value is -0.950.